The van der Waals surface area contributed by atoms with E-state index in [2.05, 4.69) is 10.1 Å². The molecule has 1 saturated heterocycles. The Morgan fingerprint density at radius 2 is 1.97 bits per heavy atom. The zero-order valence-electron chi connectivity index (χ0n) is 16.6. The van der Waals surface area contributed by atoms with E-state index >= 15 is 0 Å². The van der Waals surface area contributed by atoms with Crippen LogP contribution in [0.2, 0.25) is 5.02 Å². The lowest BCUT2D eigenvalue weighted by Crippen LogP contribution is -2.36. The van der Waals surface area contributed by atoms with Crippen molar-refractivity contribution in [3.8, 4) is 11.4 Å². The van der Waals surface area contributed by atoms with Crippen LogP contribution in [-0.4, -0.2) is 38.6 Å². The summed E-state index contributed by atoms with van der Waals surface area (Å²) in [7, 11) is 0. The molecule has 30 heavy (non-hydrogen) atoms. The van der Waals surface area contributed by atoms with E-state index in [4.69, 9.17) is 16.1 Å². The first-order valence-corrected chi connectivity index (χ1v) is 10.6. The van der Waals surface area contributed by atoms with Gasteiger partial charge in [0.15, 0.2) is 0 Å². The van der Waals surface area contributed by atoms with Gasteiger partial charge < -0.3 is 14.5 Å². The molecule has 1 amide bonds. The Morgan fingerprint density at radius 1 is 1.20 bits per heavy atom. The molecule has 0 unspecified atom stereocenters. The number of hydrogen-bond donors (Lipinski definition) is 1. The van der Waals surface area contributed by atoms with Crippen LogP contribution in [-0.2, 0) is 11.2 Å². The van der Waals surface area contributed by atoms with Gasteiger partial charge in [-0.25, -0.2) is 0 Å². The van der Waals surface area contributed by atoms with Gasteiger partial charge >= 0.3 is 0 Å². The minimum atomic E-state index is -0.567. The highest BCUT2D eigenvalue weighted by molar-refractivity contribution is 6.30. The van der Waals surface area contributed by atoms with Gasteiger partial charge in [-0.05, 0) is 49.1 Å². The van der Waals surface area contributed by atoms with Gasteiger partial charge in [0, 0.05) is 36.0 Å². The average molecular weight is 426 g/mol. The number of rotatable bonds is 7. The van der Waals surface area contributed by atoms with Gasteiger partial charge in [0.05, 0.1) is 6.10 Å². The lowest BCUT2D eigenvalue weighted by Gasteiger charge is -2.26. The number of hydrogen-bond acceptors (Lipinski definition) is 5. The number of benzene rings is 2. The second-order valence-corrected chi connectivity index (χ2v) is 8.00. The fraction of sp³-hybridized carbons (Fsp3) is 0.348. The molecule has 1 aromatic heterocycles. The number of likely N-dealkylation sites (tertiary alicyclic amines) is 1. The molecule has 156 valence electrons. The van der Waals surface area contributed by atoms with Crippen molar-refractivity contribution in [2.75, 3.05) is 6.54 Å². The predicted molar refractivity (Wildman–Crippen MR) is 114 cm³/mol. The highest BCUT2D eigenvalue weighted by Crippen LogP contribution is 2.28. The van der Waals surface area contributed by atoms with Crippen molar-refractivity contribution in [3.63, 3.8) is 0 Å². The summed E-state index contributed by atoms with van der Waals surface area (Å²) >= 11 is 5.91. The van der Waals surface area contributed by atoms with Crippen molar-refractivity contribution >= 4 is 17.5 Å². The first-order valence-electron chi connectivity index (χ1n) is 10.2. The van der Waals surface area contributed by atoms with Crippen molar-refractivity contribution in [2.45, 2.75) is 44.2 Å². The predicted octanol–water partition coefficient (Wildman–Crippen LogP) is 4.44. The quantitative estimate of drug-likeness (QED) is 0.605. The van der Waals surface area contributed by atoms with Crippen LogP contribution in [0, 0.1) is 0 Å². The summed E-state index contributed by atoms with van der Waals surface area (Å²) in [5.41, 5.74) is 1.70. The summed E-state index contributed by atoms with van der Waals surface area (Å²) in [5.74, 6) is 0.983. The zero-order chi connectivity index (χ0) is 20.9. The number of aryl methyl sites for hydroxylation is 1. The Hall–Kier alpha value is -2.70. The fourth-order valence-electron chi connectivity index (χ4n) is 3.91. The molecule has 0 spiro atoms. The van der Waals surface area contributed by atoms with E-state index in [9.17, 15) is 9.90 Å². The van der Waals surface area contributed by atoms with Gasteiger partial charge in [0.1, 0.15) is 0 Å². The molecule has 0 aliphatic carbocycles. The molecular weight excluding hydrogens is 402 g/mol. The molecule has 3 aromatic rings. The van der Waals surface area contributed by atoms with Crippen LogP contribution in [0.1, 0.15) is 43.2 Å². The molecule has 1 fully saturated rings. The minimum Gasteiger partial charge on any atom is -0.388 e. The summed E-state index contributed by atoms with van der Waals surface area (Å²) in [6.07, 6.45) is 2.56. The number of aliphatic hydroxyl groups excluding tert-OH is 1. The monoisotopic (exact) mass is 425 g/mol. The second-order valence-electron chi connectivity index (χ2n) is 7.56. The minimum absolute atomic E-state index is 0.0556. The first-order chi connectivity index (χ1) is 14.6. The molecule has 1 aliphatic rings. The van der Waals surface area contributed by atoms with Crippen LogP contribution in [0.25, 0.3) is 11.4 Å². The maximum atomic E-state index is 12.8. The summed E-state index contributed by atoms with van der Waals surface area (Å²) in [6.45, 7) is 0.727. The van der Waals surface area contributed by atoms with E-state index < -0.39 is 6.10 Å². The Morgan fingerprint density at radius 3 is 2.73 bits per heavy atom. The Bertz CT molecular complexity index is 975. The summed E-state index contributed by atoms with van der Waals surface area (Å²) in [5, 5.41) is 15.2. The standard InChI is InChI=1S/C23H24ClN3O3/c24-18-10-8-17(9-11-18)23-25-21(30-26-23)12-13-22(29)27-14-4-7-19(27)15-20(28)16-5-2-1-3-6-16/h1-3,5-6,8-11,19-20,28H,4,7,12-15H2/t19-,20+/m1/s1. The third-order valence-electron chi connectivity index (χ3n) is 5.50. The Kier molecular flexibility index (Phi) is 6.45. The number of aromatic nitrogens is 2. The van der Waals surface area contributed by atoms with E-state index in [0.29, 0.717) is 36.0 Å². The van der Waals surface area contributed by atoms with Crippen molar-refractivity contribution < 1.29 is 14.4 Å². The molecule has 2 heterocycles. The number of carbonyl (C=O) groups excluding carboxylic acids is 1. The number of aliphatic hydroxyl groups is 1. The highest BCUT2D eigenvalue weighted by Gasteiger charge is 2.30. The van der Waals surface area contributed by atoms with Crippen LogP contribution < -0.4 is 0 Å². The lowest BCUT2D eigenvalue weighted by molar-refractivity contribution is -0.132. The Labute approximate surface area is 180 Å². The van der Waals surface area contributed by atoms with E-state index in [0.717, 1.165) is 30.5 Å². The van der Waals surface area contributed by atoms with Crippen LogP contribution in [0.4, 0.5) is 0 Å². The summed E-state index contributed by atoms with van der Waals surface area (Å²) in [4.78, 5) is 19.1. The van der Waals surface area contributed by atoms with E-state index in [1.807, 2.05) is 47.4 Å². The second kappa shape index (κ2) is 9.41. The van der Waals surface area contributed by atoms with Gasteiger partial charge in [0.2, 0.25) is 17.6 Å². The summed E-state index contributed by atoms with van der Waals surface area (Å²) < 4.78 is 5.31. The average Bonchev–Trinajstić information content (AvgIpc) is 3.43. The molecule has 1 N–H and O–H groups in total. The molecule has 1 aliphatic heterocycles. The maximum absolute atomic E-state index is 12.8. The van der Waals surface area contributed by atoms with Crippen molar-refractivity contribution in [3.05, 3.63) is 71.1 Å². The summed E-state index contributed by atoms with van der Waals surface area (Å²) in [6, 6.07) is 16.8. The maximum Gasteiger partial charge on any atom is 0.227 e. The van der Waals surface area contributed by atoms with Gasteiger partial charge in [-0.3, -0.25) is 4.79 Å². The van der Waals surface area contributed by atoms with Gasteiger partial charge in [0.25, 0.3) is 0 Å². The molecule has 7 heteroatoms. The molecule has 4 rings (SSSR count). The number of halogens is 1. The van der Waals surface area contributed by atoms with E-state index in [-0.39, 0.29) is 11.9 Å². The number of nitrogens with zero attached hydrogens (tertiary/aromatic N) is 3. The van der Waals surface area contributed by atoms with Crippen LogP contribution >= 0.6 is 11.6 Å². The smallest absolute Gasteiger partial charge is 0.227 e. The Balaban J connectivity index is 1.33. The third-order valence-corrected chi connectivity index (χ3v) is 5.75. The lowest BCUT2D eigenvalue weighted by atomic mass is 10.0. The molecule has 2 aromatic carbocycles. The van der Waals surface area contributed by atoms with Crippen molar-refractivity contribution in [2.24, 2.45) is 0 Å². The molecule has 2 atom stereocenters. The van der Waals surface area contributed by atoms with Gasteiger partial charge in [-0.15, -0.1) is 0 Å². The zero-order valence-corrected chi connectivity index (χ0v) is 17.3. The topological polar surface area (TPSA) is 79.5 Å². The van der Waals surface area contributed by atoms with E-state index in [1.165, 1.54) is 0 Å². The van der Waals surface area contributed by atoms with Crippen molar-refractivity contribution in [1.29, 1.82) is 0 Å². The molecular formula is C23H24ClN3O3. The number of carbonyl (C=O) groups is 1. The SMILES string of the molecule is O=C(CCc1nc(-c2ccc(Cl)cc2)no1)N1CCC[C@@H]1C[C@H](O)c1ccccc1. The third kappa shape index (κ3) is 4.89. The van der Waals surface area contributed by atoms with E-state index in [1.54, 1.807) is 12.1 Å². The van der Waals surface area contributed by atoms with Crippen LogP contribution in [0.15, 0.2) is 59.1 Å². The van der Waals surface area contributed by atoms with Gasteiger partial charge in [-0.1, -0.05) is 47.1 Å². The molecule has 0 radical (unpaired) electrons. The highest BCUT2D eigenvalue weighted by atomic mass is 35.5. The van der Waals surface area contributed by atoms with Crippen molar-refractivity contribution in [1.82, 2.24) is 15.0 Å². The molecule has 0 bridgehead atoms. The first kappa shape index (κ1) is 20.6. The largest absolute Gasteiger partial charge is 0.388 e. The van der Waals surface area contributed by atoms with Crippen LogP contribution in [0.5, 0.6) is 0 Å². The molecule has 6 nitrogen and oxygen atoms in total. The fourth-order valence-corrected chi connectivity index (χ4v) is 4.03. The van der Waals surface area contributed by atoms with Crippen LogP contribution in [0.3, 0.4) is 0 Å². The number of amides is 1. The molecule has 0 saturated carbocycles. The van der Waals surface area contributed by atoms with Gasteiger partial charge in [-0.2, -0.15) is 4.98 Å². The normalized spacial score (nSPS) is 17.3.